The summed E-state index contributed by atoms with van der Waals surface area (Å²) in [4.78, 5) is 26.6. The molecule has 0 bridgehead atoms. The number of nitrogens with zero attached hydrogens (tertiary/aromatic N) is 2. The SMILES string of the molecule is CCC(C(=O)Nc1ccc(N2CCCC2=O)cc1)N(c1cccc(C)c1)S(C)(=O)=O. The van der Waals surface area contributed by atoms with E-state index in [4.69, 9.17) is 0 Å². The molecule has 0 aromatic heterocycles. The number of nitrogens with one attached hydrogen (secondary N) is 1. The van der Waals surface area contributed by atoms with Crippen molar-refractivity contribution < 1.29 is 18.0 Å². The minimum Gasteiger partial charge on any atom is -0.324 e. The van der Waals surface area contributed by atoms with Crippen LogP contribution in [0.4, 0.5) is 17.1 Å². The molecule has 0 saturated carbocycles. The van der Waals surface area contributed by atoms with Gasteiger partial charge in [0.1, 0.15) is 6.04 Å². The van der Waals surface area contributed by atoms with Gasteiger partial charge in [-0.2, -0.15) is 0 Å². The average Bonchev–Trinajstić information content (AvgIpc) is 3.11. The molecule has 0 spiro atoms. The molecule has 1 aliphatic rings. The molecule has 1 saturated heterocycles. The Hall–Kier alpha value is -2.87. The second-order valence-corrected chi connectivity index (χ2v) is 9.37. The maximum Gasteiger partial charge on any atom is 0.248 e. The maximum absolute atomic E-state index is 13.0. The van der Waals surface area contributed by atoms with Crippen molar-refractivity contribution in [2.24, 2.45) is 0 Å². The molecule has 8 heteroatoms. The lowest BCUT2D eigenvalue weighted by molar-refractivity contribution is -0.118. The monoisotopic (exact) mass is 429 g/mol. The highest BCUT2D eigenvalue weighted by Crippen LogP contribution is 2.26. The normalized spacial score (nSPS) is 15.2. The van der Waals surface area contributed by atoms with Gasteiger partial charge in [-0.15, -0.1) is 0 Å². The van der Waals surface area contributed by atoms with Crippen LogP contribution in [0.5, 0.6) is 0 Å². The van der Waals surface area contributed by atoms with Crippen LogP contribution >= 0.6 is 0 Å². The third-order valence-electron chi connectivity index (χ3n) is 5.11. The Labute approximate surface area is 177 Å². The summed E-state index contributed by atoms with van der Waals surface area (Å²) in [5.41, 5.74) is 2.71. The summed E-state index contributed by atoms with van der Waals surface area (Å²) in [6, 6.07) is 13.2. The number of aryl methyl sites for hydroxylation is 1. The highest BCUT2D eigenvalue weighted by molar-refractivity contribution is 7.92. The molecule has 2 aromatic carbocycles. The van der Waals surface area contributed by atoms with E-state index in [0.29, 0.717) is 30.8 Å². The quantitative estimate of drug-likeness (QED) is 0.732. The molecule has 3 rings (SSSR count). The lowest BCUT2D eigenvalue weighted by Gasteiger charge is -2.30. The maximum atomic E-state index is 13.0. The van der Waals surface area contributed by atoms with E-state index >= 15 is 0 Å². The molecule has 30 heavy (non-hydrogen) atoms. The van der Waals surface area contributed by atoms with Crippen molar-refractivity contribution >= 4 is 38.9 Å². The summed E-state index contributed by atoms with van der Waals surface area (Å²) in [7, 11) is -3.68. The number of rotatable bonds is 7. The third kappa shape index (κ3) is 4.81. The standard InChI is InChI=1S/C22H27N3O4S/c1-4-20(25(30(3,28)29)19-8-5-7-16(2)15-19)22(27)23-17-10-12-18(13-11-17)24-14-6-9-21(24)26/h5,7-8,10-13,15,20H,4,6,9,14H2,1-3H3,(H,23,27). The summed E-state index contributed by atoms with van der Waals surface area (Å²) < 4.78 is 26.2. The number of hydrogen-bond donors (Lipinski definition) is 1. The minimum absolute atomic E-state index is 0.0970. The molecule has 0 aliphatic carbocycles. The van der Waals surface area contributed by atoms with Crippen LogP contribution in [0.25, 0.3) is 0 Å². The predicted molar refractivity (Wildman–Crippen MR) is 119 cm³/mol. The van der Waals surface area contributed by atoms with Gasteiger partial charge in [-0.05, 0) is 61.7 Å². The molecular weight excluding hydrogens is 402 g/mol. The summed E-state index contributed by atoms with van der Waals surface area (Å²) >= 11 is 0. The Bertz CT molecular complexity index is 1030. The lowest BCUT2D eigenvalue weighted by Crippen LogP contribution is -2.47. The summed E-state index contributed by atoms with van der Waals surface area (Å²) in [6.45, 7) is 4.35. The first kappa shape index (κ1) is 21.8. The number of benzene rings is 2. The molecule has 2 amide bonds. The second kappa shape index (κ2) is 8.87. The fraction of sp³-hybridized carbons (Fsp3) is 0.364. The fourth-order valence-electron chi connectivity index (χ4n) is 3.70. The van der Waals surface area contributed by atoms with Crippen LogP contribution < -0.4 is 14.5 Å². The van der Waals surface area contributed by atoms with Gasteiger partial charge >= 0.3 is 0 Å². The molecule has 1 fully saturated rings. The Morgan fingerprint density at radius 1 is 1.20 bits per heavy atom. The molecule has 0 radical (unpaired) electrons. The van der Waals surface area contributed by atoms with Crippen LogP contribution in [0.15, 0.2) is 48.5 Å². The molecule has 160 valence electrons. The van der Waals surface area contributed by atoms with E-state index in [1.807, 2.05) is 13.0 Å². The van der Waals surface area contributed by atoms with Gasteiger partial charge in [-0.1, -0.05) is 19.1 Å². The van der Waals surface area contributed by atoms with Crippen LogP contribution in [0.3, 0.4) is 0 Å². The number of amides is 2. The van der Waals surface area contributed by atoms with Gasteiger partial charge in [-0.25, -0.2) is 8.42 Å². The first-order chi connectivity index (χ1) is 14.2. The first-order valence-corrected chi connectivity index (χ1v) is 11.8. The highest BCUT2D eigenvalue weighted by Gasteiger charge is 2.31. The Kier molecular flexibility index (Phi) is 6.45. The van der Waals surface area contributed by atoms with E-state index < -0.39 is 22.0 Å². The lowest BCUT2D eigenvalue weighted by atomic mass is 10.1. The largest absolute Gasteiger partial charge is 0.324 e. The van der Waals surface area contributed by atoms with Crippen LogP contribution in [-0.4, -0.2) is 39.1 Å². The fourth-order valence-corrected chi connectivity index (χ4v) is 4.90. The van der Waals surface area contributed by atoms with E-state index in [-0.39, 0.29) is 5.91 Å². The summed E-state index contributed by atoms with van der Waals surface area (Å²) in [5.74, 6) is -0.311. The number of anilines is 3. The highest BCUT2D eigenvalue weighted by atomic mass is 32.2. The first-order valence-electron chi connectivity index (χ1n) is 9.98. The van der Waals surface area contributed by atoms with Crippen molar-refractivity contribution in [2.45, 2.75) is 39.2 Å². The third-order valence-corrected chi connectivity index (χ3v) is 6.29. The Balaban J connectivity index is 1.81. The topological polar surface area (TPSA) is 86.8 Å². The van der Waals surface area contributed by atoms with Gasteiger partial charge in [0.25, 0.3) is 0 Å². The second-order valence-electron chi connectivity index (χ2n) is 7.51. The van der Waals surface area contributed by atoms with Crippen molar-refractivity contribution in [2.75, 3.05) is 27.3 Å². The minimum atomic E-state index is -3.68. The van der Waals surface area contributed by atoms with E-state index in [0.717, 1.165) is 23.9 Å². The Morgan fingerprint density at radius 3 is 2.43 bits per heavy atom. The summed E-state index contributed by atoms with van der Waals surface area (Å²) in [6.07, 6.45) is 2.81. The molecule has 1 N–H and O–H groups in total. The zero-order valence-electron chi connectivity index (χ0n) is 17.5. The molecule has 1 aliphatic heterocycles. The van der Waals surface area contributed by atoms with Crippen LogP contribution in [0, 0.1) is 6.92 Å². The van der Waals surface area contributed by atoms with E-state index in [2.05, 4.69) is 5.32 Å². The van der Waals surface area contributed by atoms with E-state index in [1.165, 1.54) is 4.31 Å². The number of hydrogen-bond acceptors (Lipinski definition) is 4. The molecule has 1 heterocycles. The predicted octanol–water partition coefficient (Wildman–Crippen LogP) is 3.31. The van der Waals surface area contributed by atoms with Crippen molar-refractivity contribution in [3.05, 3.63) is 54.1 Å². The van der Waals surface area contributed by atoms with Crippen molar-refractivity contribution in [3.8, 4) is 0 Å². The van der Waals surface area contributed by atoms with Gasteiger partial charge in [0.2, 0.25) is 21.8 Å². The van der Waals surface area contributed by atoms with E-state index in [9.17, 15) is 18.0 Å². The zero-order valence-corrected chi connectivity index (χ0v) is 18.3. The van der Waals surface area contributed by atoms with Gasteiger partial charge in [0.05, 0.1) is 11.9 Å². The van der Waals surface area contributed by atoms with Crippen LogP contribution in [0.2, 0.25) is 0 Å². The molecule has 1 atom stereocenters. The van der Waals surface area contributed by atoms with Crippen molar-refractivity contribution in [1.82, 2.24) is 0 Å². The van der Waals surface area contributed by atoms with Gasteiger partial charge in [0, 0.05) is 24.3 Å². The van der Waals surface area contributed by atoms with Gasteiger partial charge in [-0.3, -0.25) is 13.9 Å². The zero-order chi connectivity index (χ0) is 21.9. The molecule has 1 unspecified atom stereocenters. The molecule has 2 aromatic rings. The number of carbonyl (C=O) groups is 2. The van der Waals surface area contributed by atoms with Crippen LogP contribution in [0.1, 0.15) is 31.7 Å². The van der Waals surface area contributed by atoms with Crippen molar-refractivity contribution in [1.29, 1.82) is 0 Å². The van der Waals surface area contributed by atoms with Gasteiger partial charge in [0.15, 0.2) is 0 Å². The van der Waals surface area contributed by atoms with Crippen LogP contribution in [-0.2, 0) is 19.6 Å². The smallest absolute Gasteiger partial charge is 0.248 e. The Morgan fingerprint density at radius 2 is 1.90 bits per heavy atom. The average molecular weight is 430 g/mol. The van der Waals surface area contributed by atoms with Gasteiger partial charge < -0.3 is 10.2 Å². The van der Waals surface area contributed by atoms with E-state index in [1.54, 1.807) is 54.3 Å². The van der Waals surface area contributed by atoms with Crippen molar-refractivity contribution in [3.63, 3.8) is 0 Å². The molecular formula is C22H27N3O4S. The number of carbonyl (C=O) groups excluding carboxylic acids is 2. The number of sulfonamides is 1. The summed E-state index contributed by atoms with van der Waals surface area (Å²) in [5, 5.41) is 2.81. The molecule has 7 nitrogen and oxygen atoms in total.